The zero-order valence-corrected chi connectivity index (χ0v) is 16.5. The van der Waals surface area contributed by atoms with Crippen molar-refractivity contribution in [1.29, 1.82) is 0 Å². The summed E-state index contributed by atoms with van der Waals surface area (Å²) in [6, 6.07) is 14.5. The van der Waals surface area contributed by atoms with Crippen LogP contribution in [0.2, 0.25) is 0 Å². The molecule has 0 aromatic heterocycles. The van der Waals surface area contributed by atoms with Crippen LogP contribution in [0.15, 0.2) is 48.5 Å². The number of nitrogens with zero attached hydrogens (tertiary/aromatic N) is 1. The number of amides is 2. The van der Waals surface area contributed by atoms with Gasteiger partial charge in [0.2, 0.25) is 11.8 Å². The Morgan fingerprint density at radius 2 is 1.85 bits per heavy atom. The van der Waals surface area contributed by atoms with Crippen molar-refractivity contribution in [3.63, 3.8) is 0 Å². The Kier molecular flexibility index (Phi) is 6.99. The molecule has 2 unspecified atom stereocenters. The molecule has 0 saturated carbocycles. The van der Waals surface area contributed by atoms with Gasteiger partial charge in [0.05, 0.1) is 6.04 Å². The molecule has 1 fully saturated rings. The molecule has 1 saturated heterocycles. The highest BCUT2D eigenvalue weighted by molar-refractivity contribution is 5.95. The van der Waals surface area contributed by atoms with Crippen molar-refractivity contribution in [1.82, 2.24) is 5.32 Å². The van der Waals surface area contributed by atoms with Gasteiger partial charge in [0, 0.05) is 18.7 Å². The lowest BCUT2D eigenvalue weighted by molar-refractivity contribution is -0.123. The third-order valence-electron chi connectivity index (χ3n) is 4.83. The Hall–Kier alpha value is -2.37. The lowest BCUT2D eigenvalue weighted by Gasteiger charge is -2.21. The number of benzene rings is 2. The van der Waals surface area contributed by atoms with Gasteiger partial charge in [-0.05, 0) is 43.5 Å². The van der Waals surface area contributed by atoms with Gasteiger partial charge < -0.3 is 16.0 Å². The molecular formula is C21H26ClN3O2. The second-order valence-corrected chi connectivity index (χ2v) is 6.86. The summed E-state index contributed by atoms with van der Waals surface area (Å²) in [5, 5.41) is 2.97. The van der Waals surface area contributed by atoms with Gasteiger partial charge in [0.15, 0.2) is 0 Å². The maximum atomic E-state index is 12.5. The highest BCUT2D eigenvalue weighted by Gasteiger charge is 2.23. The SMILES string of the molecule is Cc1ccc(C(N)C(=O)NC(C)c2cccc(N3CCCC3=O)c2)cc1.Cl. The molecule has 5 nitrogen and oxygen atoms in total. The Morgan fingerprint density at radius 3 is 2.48 bits per heavy atom. The summed E-state index contributed by atoms with van der Waals surface area (Å²) >= 11 is 0. The Labute approximate surface area is 166 Å². The molecule has 1 aliphatic heterocycles. The monoisotopic (exact) mass is 387 g/mol. The van der Waals surface area contributed by atoms with Crippen molar-refractivity contribution >= 4 is 29.9 Å². The van der Waals surface area contributed by atoms with E-state index in [0.29, 0.717) is 6.42 Å². The first-order valence-electron chi connectivity index (χ1n) is 8.98. The van der Waals surface area contributed by atoms with Gasteiger partial charge in [-0.1, -0.05) is 42.0 Å². The Balaban J connectivity index is 0.00000261. The molecule has 2 amide bonds. The predicted octanol–water partition coefficient (Wildman–Crippen LogP) is 3.42. The summed E-state index contributed by atoms with van der Waals surface area (Å²) in [6.07, 6.45) is 1.49. The average Bonchev–Trinajstić information content (AvgIpc) is 3.07. The molecule has 0 spiro atoms. The molecular weight excluding hydrogens is 362 g/mol. The largest absolute Gasteiger partial charge is 0.348 e. The second-order valence-electron chi connectivity index (χ2n) is 6.86. The first-order chi connectivity index (χ1) is 12.5. The molecule has 3 N–H and O–H groups in total. The minimum Gasteiger partial charge on any atom is -0.348 e. The van der Waals surface area contributed by atoms with Crippen molar-refractivity contribution < 1.29 is 9.59 Å². The maximum Gasteiger partial charge on any atom is 0.241 e. The van der Waals surface area contributed by atoms with Crippen LogP contribution in [0.4, 0.5) is 5.69 Å². The van der Waals surface area contributed by atoms with E-state index >= 15 is 0 Å². The fourth-order valence-electron chi connectivity index (χ4n) is 3.19. The van der Waals surface area contributed by atoms with Crippen LogP contribution in [0.25, 0.3) is 0 Å². The summed E-state index contributed by atoms with van der Waals surface area (Å²) in [7, 11) is 0. The van der Waals surface area contributed by atoms with E-state index in [1.807, 2.05) is 62.4 Å². The first kappa shape index (κ1) is 20.9. The lowest BCUT2D eigenvalue weighted by atomic mass is 10.0. The summed E-state index contributed by atoms with van der Waals surface area (Å²) < 4.78 is 0. The maximum absolute atomic E-state index is 12.5. The van der Waals surface area contributed by atoms with Gasteiger partial charge >= 0.3 is 0 Å². The third-order valence-corrected chi connectivity index (χ3v) is 4.83. The Bertz CT molecular complexity index is 807. The average molecular weight is 388 g/mol. The van der Waals surface area contributed by atoms with Crippen molar-refractivity contribution in [2.24, 2.45) is 5.73 Å². The first-order valence-corrected chi connectivity index (χ1v) is 8.98. The molecule has 2 atom stereocenters. The number of halogens is 1. The van der Waals surface area contributed by atoms with Crippen LogP contribution in [0.3, 0.4) is 0 Å². The number of anilines is 1. The van der Waals surface area contributed by atoms with Crippen LogP contribution in [0.5, 0.6) is 0 Å². The zero-order valence-electron chi connectivity index (χ0n) is 15.6. The van der Waals surface area contributed by atoms with Gasteiger partial charge in [-0.2, -0.15) is 0 Å². The number of aryl methyl sites for hydroxylation is 1. The van der Waals surface area contributed by atoms with Crippen LogP contribution < -0.4 is 16.0 Å². The smallest absolute Gasteiger partial charge is 0.241 e. The minimum absolute atomic E-state index is 0. The van der Waals surface area contributed by atoms with E-state index in [-0.39, 0.29) is 30.3 Å². The van der Waals surface area contributed by atoms with E-state index in [1.54, 1.807) is 4.90 Å². The molecule has 0 radical (unpaired) electrons. The van der Waals surface area contributed by atoms with E-state index in [4.69, 9.17) is 5.73 Å². The quantitative estimate of drug-likeness (QED) is 0.825. The fraction of sp³-hybridized carbons (Fsp3) is 0.333. The molecule has 2 aromatic rings. The van der Waals surface area contributed by atoms with Crippen LogP contribution in [-0.4, -0.2) is 18.4 Å². The summed E-state index contributed by atoms with van der Waals surface area (Å²) in [4.78, 5) is 26.2. The number of hydrogen-bond acceptors (Lipinski definition) is 3. The van der Waals surface area contributed by atoms with Gasteiger partial charge in [-0.25, -0.2) is 0 Å². The molecule has 144 valence electrons. The molecule has 2 aromatic carbocycles. The van der Waals surface area contributed by atoms with Gasteiger partial charge in [-0.3, -0.25) is 9.59 Å². The third kappa shape index (κ3) is 4.87. The number of nitrogens with two attached hydrogens (primary N) is 1. The second kappa shape index (κ2) is 9.02. The number of carbonyl (C=O) groups is 2. The number of carbonyl (C=O) groups excluding carboxylic acids is 2. The summed E-state index contributed by atoms with van der Waals surface area (Å²) in [6.45, 7) is 4.67. The molecule has 3 rings (SSSR count). The van der Waals surface area contributed by atoms with Crippen molar-refractivity contribution in [3.8, 4) is 0 Å². The van der Waals surface area contributed by atoms with Crippen LogP contribution in [0.1, 0.15) is 48.5 Å². The highest BCUT2D eigenvalue weighted by Crippen LogP contribution is 2.25. The lowest BCUT2D eigenvalue weighted by Crippen LogP contribution is -2.35. The number of rotatable bonds is 5. The van der Waals surface area contributed by atoms with E-state index in [0.717, 1.165) is 35.3 Å². The van der Waals surface area contributed by atoms with Crippen LogP contribution in [0, 0.1) is 6.92 Å². The number of nitrogens with one attached hydrogen (secondary N) is 1. The molecule has 6 heteroatoms. The zero-order chi connectivity index (χ0) is 18.7. The van der Waals surface area contributed by atoms with Crippen LogP contribution in [-0.2, 0) is 9.59 Å². The van der Waals surface area contributed by atoms with Crippen molar-refractivity contribution in [2.75, 3.05) is 11.4 Å². The van der Waals surface area contributed by atoms with E-state index in [1.165, 1.54) is 0 Å². The summed E-state index contributed by atoms with van der Waals surface area (Å²) in [5.41, 5.74) is 9.85. The van der Waals surface area contributed by atoms with Gasteiger partial charge in [0.25, 0.3) is 0 Å². The minimum atomic E-state index is -0.707. The molecule has 0 bridgehead atoms. The topological polar surface area (TPSA) is 75.4 Å². The molecule has 0 aliphatic carbocycles. The normalized spacial score (nSPS) is 15.8. The standard InChI is InChI=1S/C21H25N3O2.ClH/c1-14-8-10-16(11-9-14)20(22)21(26)23-15(2)17-5-3-6-18(13-17)24-12-4-7-19(24)25;/h3,5-6,8-11,13,15,20H,4,7,12,22H2,1-2H3,(H,23,26);1H. The van der Waals surface area contributed by atoms with E-state index in [9.17, 15) is 9.59 Å². The Morgan fingerprint density at radius 1 is 1.15 bits per heavy atom. The van der Waals surface area contributed by atoms with E-state index in [2.05, 4.69) is 5.32 Å². The van der Waals surface area contributed by atoms with Crippen LogP contribution >= 0.6 is 12.4 Å². The van der Waals surface area contributed by atoms with Gasteiger partial charge in [-0.15, -0.1) is 12.4 Å². The fourth-order valence-corrected chi connectivity index (χ4v) is 3.19. The molecule has 1 heterocycles. The summed E-state index contributed by atoms with van der Waals surface area (Å²) in [5.74, 6) is -0.0655. The van der Waals surface area contributed by atoms with Gasteiger partial charge in [0.1, 0.15) is 6.04 Å². The number of hydrogen-bond donors (Lipinski definition) is 2. The highest BCUT2D eigenvalue weighted by atomic mass is 35.5. The van der Waals surface area contributed by atoms with E-state index < -0.39 is 6.04 Å². The predicted molar refractivity (Wildman–Crippen MR) is 110 cm³/mol. The molecule has 1 aliphatic rings. The van der Waals surface area contributed by atoms with Crippen molar-refractivity contribution in [3.05, 3.63) is 65.2 Å². The molecule has 27 heavy (non-hydrogen) atoms. The van der Waals surface area contributed by atoms with Crippen molar-refractivity contribution in [2.45, 2.75) is 38.8 Å².